The summed E-state index contributed by atoms with van der Waals surface area (Å²) in [5.41, 5.74) is 0.452. The Kier molecular flexibility index (Phi) is 5.87. The molecule has 0 bridgehead atoms. The summed E-state index contributed by atoms with van der Waals surface area (Å²) in [6.07, 6.45) is 2.42. The first kappa shape index (κ1) is 17.6. The number of piperidine rings is 1. The Morgan fingerprint density at radius 1 is 1.43 bits per heavy atom. The van der Waals surface area contributed by atoms with Crippen LogP contribution in [0.15, 0.2) is 23.1 Å². The topological polar surface area (TPSA) is 69.6 Å². The van der Waals surface area contributed by atoms with Crippen molar-refractivity contribution in [3.8, 4) is 0 Å². The van der Waals surface area contributed by atoms with Crippen molar-refractivity contribution < 1.29 is 19.1 Å². The van der Waals surface area contributed by atoms with Gasteiger partial charge in [-0.2, -0.15) is 0 Å². The molecule has 0 saturated carbocycles. The summed E-state index contributed by atoms with van der Waals surface area (Å²) in [6.45, 7) is 2.73. The molecule has 1 heterocycles. The van der Waals surface area contributed by atoms with Gasteiger partial charge in [0.1, 0.15) is 5.82 Å². The predicted octanol–water partition coefficient (Wildman–Crippen LogP) is 2.80. The summed E-state index contributed by atoms with van der Waals surface area (Å²) in [4.78, 5) is 25.7. The summed E-state index contributed by atoms with van der Waals surface area (Å²) >= 11 is 1.42. The molecule has 23 heavy (non-hydrogen) atoms. The number of amides is 2. The van der Waals surface area contributed by atoms with Crippen LogP contribution in [0, 0.1) is 17.7 Å². The van der Waals surface area contributed by atoms with Crippen molar-refractivity contribution in [2.24, 2.45) is 11.8 Å². The van der Waals surface area contributed by atoms with Gasteiger partial charge in [-0.05, 0) is 30.7 Å². The van der Waals surface area contributed by atoms with Crippen LogP contribution in [0.3, 0.4) is 0 Å². The summed E-state index contributed by atoms with van der Waals surface area (Å²) < 4.78 is 13.9. The Morgan fingerprint density at radius 2 is 2.17 bits per heavy atom. The van der Waals surface area contributed by atoms with Gasteiger partial charge in [-0.1, -0.05) is 13.0 Å². The second-order valence-electron chi connectivity index (χ2n) is 5.86. The van der Waals surface area contributed by atoms with E-state index in [0.717, 1.165) is 4.90 Å². The Balaban J connectivity index is 2.01. The van der Waals surface area contributed by atoms with E-state index < -0.39 is 11.9 Å². The number of thioether (sulfide) groups is 1. The third-order valence-electron chi connectivity index (χ3n) is 4.01. The molecule has 2 atom stereocenters. The molecule has 0 spiro atoms. The van der Waals surface area contributed by atoms with Crippen molar-refractivity contribution in [2.75, 3.05) is 19.3 Å². The molecule has 7 heteroatoms. The van der Waals surface area contributed by atoms with Crippen LogP contribution in [0.2, 0.25) is 0 Å². The number of hydrogen-bond donors (Lipinski definition) is 2. The maximum Gasteiger partial charge on any atom is 0.317 e. The third kappa shape index (κ3) is 4.37. The van der Waals surface area contributed by atoms with Crippen molar-refractivity contribution in [3.05, 3.63) is 29.6 Å². The van der Waals surface area contributed by atoms with Gasteiger partial charge < -0.3 is 15.3 Å². The van der Waals surface area contributed by atoms with Crippen molar-refractivity contribution in [1.82, 2.24) is 10.2 Å². The van der Waals surface area contributed by atoms with Crippen LogP contribution in [0.4, 0.5) is 9.18 Å². The molecular weight excluding hydrogens is 319 g/mol. The fourth-order valence-corrected chi connectivity index (χ4v) is 3.50. The molecule has 2 unspecified atom stereocenters. The molecule has 126 valence electrons. The molecule has 1 aliphatic heterocycles. The quantitative estimate of drug-likeness (QED) is 0.827. The SMILES string of the molecule is CSc1cccc(F)c1CNC(=O)N1CC(C)CC(C(=O)O)C1. The van der Waals surface area contributed by atoms with Gasteiger partial charge in [0, 0.05) is 30.1 Å². The maximum atomic E-state index is 13.9. The van der Waals surface area contributed by atoms with Crippen LogP contribution in [-0.4, -0.2) is 41.4 Å². The zero-order valence-electron chi connectivity index (χ0n) is 13.2. The monoisotopic (exact) mass is 340 g/mol. The van der Waals surface area contributed by atoms with E-state index in [1.807, 2.05) is 13.2 Å². The van der Waals surface area contributed by atoms with Crippen molar-refractivity contribution >= 4 is 23.8 Å². The van der Waals surface area contributed by atoms with Crippen LogP contribution < -0.4 is 5.32 Å². The molecule has 2 rings (SSSR count). The normalized spacial score (nSPS) is 21.1. The lowest BCUT2D eigenvalue weighted by molar-refractivity contribution is -0.143. The lowest BCUT2D eigenvalue weighted by Crippen LogP contribution is -2.49. The average Bonchev–Trinajstić information content (AvgIpc) is 2.52. The fourth-order valence-electron chi connectivity index (χ4n) is 2.87. The molecule has 0 aromatic heterocycles. The van der Waals surface area contributed by atoms with E-state index in [2.05, 4.69) is 5.32 Å². The van der Waals surface area contributed by atoms with Gasteiger partial charge in [-0.3, -0.25) is 4.79 Å². The zero-order chi connectivity index (χ0) is 17.0. The minimum atomic E-state index is -0.881. The Hall–Kier alpha value is -1.76. The van der Waals surface area contributed by atoms with Crippen LogP contribution in [-0.2, 0) is 11.3 Å². The minimum Gasteiger partial charge on any atom is -0.481 e. The predicted molar refractivity (Wildman–Crippen MR) is 86.9 cm³/mol. The molecule has 2 amide bonds. The highest BCUT2D eigenvalue weighted by molar-refractivity contribution is 7.98. The van der Waals surface area contributed by atoms with E-state index in [4.69, 9.17) is 5.11 Å². The second kappa shape index (κ2) is 7.68. The van der Waals surface area contributed by atoms with Crippen LogP contribution in [0.5, 0.6) is 0 Å². The molecular formula is C16H21FN2O3S. The molecule has 0 aliphatic carbocycles. The molecule has 1 saturated heterocycles. The van der Waals surface area contributed by atoms with Gasteiger partial charge in [0.25, 0.3) is 0 Å². The smallest absolute Gasteiger partial charge is 0.317 e. The Labute approximate surface area is 139 Å². The molecule has 1 fully saturated rings. The van der Waals surface area contributed by atoms with Crippen LogP contribution in [0.25, 0.3) is 0 Å². The number of carboxylic acid groups (broad SMARTS) is 1. The number of urea groups is 1. The van der Waals surface area contributed by atoms with E-state index in [0.29, 0.717) is 18.5 Å². The molecule has 1 aliphatic rings. The summed E-state index contributed by atoms with van der Waals surface area (Å²) in [5.74, 6) is -1.65. The summed E-state index contributed by atoms with van der Waals surface area (Å²) in [5, 5.41) is 11.9. The molecule has 0 radical (unpaired) electrons. The van der Waals surface area contributed by atoms with Gasteiger partial charge in [-0.25, -0.2) is 9.18 Å². The number of halogens is 1. The highest BCUT2D eigenvalue weighted by Gasteiger charge is 2.31. The van der Waals surface area contributed by atoms with Crippen molar-refractivity contribution in [3.63, 3.8) is 0 Å². The number of aliphatic carboxylic acids is 1. The first-order valence-electron chi connectivity index (χ1n) is 7.49. The molecule has 1 aromatic rings. The average molecular weight is 340 g/mol. The van der Waals surface area contributed by atoms with Crippen LogP contribution >= 0.6 is 11.8 Å². The summed E-state index contributed by atoms with van der Waals surface area (Å²) in [7, 11) is 0. The van der Waals surface area contributed by atoms with Gasteiger partial charge in [0.15, 0.2) is 0 Å². The van der Waals surface area contributed by atoms with E-state index in [1.54, 1.807) is 12.1 Å². The number of likely N-dealkylation sites (tertiary alicyclic amines) is 1. The fraction of sp³-hybridized carbons (Fsp3) is 0.500. The number of carbonyl (C=O) groups excluding carboxylic acids is 1. The van der Waals surface area contributed by atoms with Crippen molar-refractivity contribution in [2.45, 2.75) is 24.8 Å². The molecule has 1 aromatic carbocycles. The Bertz CT molecular complexity index is 597. The number of carboxylic acids is 1. The Morgan fingerprint density at radius 3 is 2.83 bits per heavy atom. The minimum absolute atomic E-state index is 0.0876. The van der Waals surface area contributed by atoms with E-state index in [9.17, 15) is 14.0 Å². The number of benzene rings is 1. The standard InChI is InChI=1S/C16H21FN2O3S/c1-10-6-11(15(20)21)9-19(8-10)16(22)18-7-12-13(17)4-3-5-14(12)23-2/h3-5,10-11H,6-9H2,1-2H3,(H,18,22)(H,20,21). The maximum absolute atomic E-state index is 13.9. The van der Waals surface area contributed by atoms with Gasteiger partial charge in [-0.15, -0.1) is 11.8 Å². The molecule has 2 N–H and O–H groups in total. The number of rotatable bonds is 4. The summed E-state index contributed by atoms with van der Waals surface area (Å²) in [6, 6.07) is 4.46. The number of nitrogens with zero attached hydrogens (tertiary/aromatic N) is 1. The van der Waals surface area contributed by atoms with Gasteiger partial charge in [0.05, 0.1) is 5.92 Å². The van der Waals surface area contributed by atoms with Crippen LogP contribution in [0.1, 0.15) is 18.9 Å². The number of carbonyl (C=O) groups is 2. The van der Waals surface area contributed by atoms with Crippen molar-refractivity contribution in [1.29, 1.82) is 0 Å². The highest BCUT2D eigenvalue weighted by Crippen LogP contribution is 2.24. The van der Waals surface area contributed by atoms with E-state index in [-0.39, 0.29) is 30.9 Å². The van der Waals surface area contributed by atoms with Gasteiger partial charge in [0.2, 0.25) is 0 Å². The number of nitrogens with one attached hydrogen (secondary N) is 1. The first-order chi connectivity index (χ1) is 10.9. The first-order valence-corrected chi connectivity index (χ1v) is 8.71. The third-order valence-corrected chi connectivity index (χ3v) is 4.83. The van der Waals surface area contributed by atoms with E-state index in [1.165, 1.54) is 22.7 Å². The number of hydrogen-bond acceptors (Lipinski definition) is 3. The van der Waals surface area contributed by atoms with E-state index >= 15 is 0 Å². The lowest BCUT2D eigenvalue weighted by Gasteiger charge is -2.34. The molecule has 5 nitrogen and oxygen atoms in total. The highest BCUT2D eigenvalue weighted by atomic mass is 32.2. The largest absolute Gasteiger partial charge is 0.481 e. The van der Waals surface area contributed by atoms with Gasteiger partial charge >= 0.3 is 12.0 Å². The zero-order valence-corrected chi connectivity index (χ0v) is 14.0. The second-order valence-corrected chi connectivity index (χ2v) is 6.71. The lowest BCUT2D eigenvalue weighted by atomic mass is 9.91.